The van der Waals surface area contributed by atoms with Crippen molar-refractivity contribution in [3.63, 3.8) is 0 Å². The number of hydrogen-bond acceptors (Lipinski definition) is 2. The van der Waals surface area contributed by atoms with Crippen LogP contribution in [0.3, 0.4) is 0 Å². The van der Waals surface area contributed by atoms with E-state index in [2.05, 4.69) is 10.6 Å². The first kappa shape index (κ1) is 14.9. The van der Waals surface area contributed by atoms with Crippen LogP contribution in [0.25, 0.3) is 0 Å². The molecule has 0 saturated carbocycles. The lowest BCUT2D eigenvalue weighted by atomic mass is 10.1. The molecule has 0 atom stereocenters. The largest absolute Gasteiger partial charge is 0.383 e. The van der Waals surface area contributed by atoms with Crippen LogP contribution in [0.15, 0.2) is 30.3 Å². The molecule has 0 aliphatic rings. The Bertz CT molecular complexity index is 658. The number of amides is 1. The van der Waals surface area contributed by atoms with E-state index >= 15 is 0 Å². The molecule has 2 aromatic rings. The van der Waals surface area contributed by atoms with Crippen molar-refractivity contribution >= 4 is 17.3 Å². The normalized spacial score (nSPS) is 10.3. The molecule has 0 aliphatic carbocycles. The third kappa shape index (κ3) is 2.99. The number of halogens is 3. The zero-order valence-corrected chi connectivity index (χ0v) is 11.4. The lowest BCUT2D eigenvalue weighted by Crippen LogP contribution is -2.15. The Balaban J connectivity index is 2.33. The molecule has 0 radical (unpaired) electrons. The van der Waals surface area contributed by atoms with E-state index in [0.717, 1.165) is 12.1 Å². The van der Waals surface area contributed by atoms with Gasteiger partial charge < -0.3 is 10.6 Å². The van der Waals surface area contributed by atoms with Gasteiger partial charge in [-0.1, -0.05) is 12.1 Å². The molecule has 0 fully saturated rings. The van der Waals surface area contributed by atoms with Gasteiger partial charge in [0.05, 0.1) is 5.69 Å². The molecule has 2 aromatic carbocycles. The third-order valence-electron chi connectivity index (χ3n) is 3.01. The second kappa shape index (κ2) is 5.87. The van der Waals surface area contributed by atoms with Crippen molar-refractivity contribution in [1.29, 1.82) is 0 Å². The molecule has 110 valence electrons. The molecule has 0 bridgehead atoms. The Morgan fingerprint density at radius 2 is 1.62 bits per heavy atom. The summed E-state index contributed by atoms with van der Waals surface area (Å²) in [4.78, 5) is 12.0. The number of rotatable bonds is 3. The quantitative estimate of drug-likeness (QED) is 0.906. The van der Waals surface area contributed by atoms with Crippen LogP contribution in [-0.2, 0) is 0 Å². The van der Waals surface area contributed by atoms with Gasteiger partial charge in [-0.25, -0.2) is 13.2 Å². The third-order valence-corrected chi connectivity index (χ3v) is 3.01. The van der Waals surface area contributed by atoms with Crippen LogP contribution in [0.2, 0.25) is 0 Å². The van der Waals surface area contributed by atoms with E-state index in [9.17, 15) is 18.0 Å². The molecule has 2 N–H and O–H groups in total. The van der Waals surface area contributed by atoms with Crippen LogP contribution in [0.4, 0.5) is 24.5 Å². The van der Waals surface area contributed by atoms with Gasteiger partial charge >= 0.3 is 0 Å². The number of nitrogens with one attached hydrogen (secondary N) is 2. The molecule has 0 aliphatic heterocycles. The molecular weight excluding hydrogens is 281 g/mol. The fourth-order valence-electron chi connectivity index (χ4n) is 1.92. The van der Waals surface area contributed by atoms with Crippen molar-refractivity contribution in [3.05, 3.63) is 58.9 Å². The molecule has 2 rings (SSSR count). The fraction of sp³-hybridized carbons (Fsp3) is 0.133. The summed E-state index contributed by atoms with van der Waals surface area (Å²) in [5.41, 5.74) is -0.0579. The van der Waals surface area contributed by atoms with Gasteiger partial charge in [0.25, 0.3) is 5.91 Å². The molecule has 0 unspecified atom stereocenters. The first-order chi connectivity index (χ1) is 9.93. The minimum Gasteiger partial charge on any atom is -0.383 e. The molecule has 0 aromatic heterocycles. The van der Waals surface area contributed by atoms with Crippen LogP contribution in [0.5, 0.6) is 0 Å². The van der Waals surface area contributed by atoms with E-state index in [1.54, 1.807) is 13.0 Å². The van der Waals surface area contributed by atoms with Gasteiger partial charge in [-0.2, -0.15) is 0 Å². The topological polar surface area (TPSA) is 41.1 Å². The van der Waals surface area contributed by atoms with Gasteiger partial charge in [-0.05, 0) is 30.7 Å². The summed E-state index contributed by atoms with van der Waals surface area (Å²) < 4.78 is 40.9. The zero-order chi connectivity index (χ0) is 15.6. The summed E-state index contributed by atoms with van der Waals surface area (Å²) in [5, 5.41) is 4.67. The highest BCUT2D eigenvalue weighted by atomic mass is 19.1. The molecule has 0 spiro atoms. The van der Waals surface area contributed by atoms with E-state index < -0.39 is 23.4 Å². The lowest BCUT2D eigenvalue weighted by Gasteiger charge is -2.11. The maximum Gasteiger partial charge on any atom is 0.255 e. The Labute approximate surface area is 119 Å². The SMILES string of the molecule is CNc1c(F)cc(C(=O)Nc2c(C)cccc2F)cc1F. The van der Waals surface area contributed by atoms with Crippen molar-refractivity contribution in [1.82, 2.24) is 0 Å². The average molecular weight is 294 g/mol. The van der Waals surface area contributed by atoms with Crippen LogP contribution < -0.4 is 10.6 Å². The summed E-state index contributed by atoms with van der Waals surface area (Å²) >= 11 is 0. The Kier molecular flexibility index (Phi) is 4.16. The van der Waals surface area contributed by atoms with E-state index in [-0.39, 0.29) is 16.9 Å². The molecule has 3 nitrogen and oxygen atoms in total. The highest BCUT2D eigenvalue weighted by molar-refractivity contribution is 6.05. The average Bonchev–Trinajstić information content (AvgIpc) is 2.42. The van der Waals surface area contributed by atoms with E-state index in [0.29, 0.717) is 5.56 Å². The maximum atomic E-state index is 13.6. The first-order valence-electron chi connectivity index (χ1n) is 6.17. The van der Waals surface area contributed by atoms with Gasteiger partial charge in [0.1, 0.15) is 23.1 Å². The zero-order valence-electron chi connectivity index (χ0n) is 11.4. The van der Waals surface area contributed by atoms with Gasteiger partial charge in [0, 0.05) is 12.6 Å². The number of hydrogen-bond donors (Lipinski definition) is 2. The smallest absolute Gasteiger partial charge is 0.255 e. The van der Waals surface area contributed by atoms with E-state index in [1.807, 2.05) is 0 Å². The van der Waals surface area contributed by atoms with Crippen LogP contribution in [0, 0.1) is 24.4 Å². The molecule has 0 saturated heterocycles. The second-order valence-electron chi connectivity index (χ2n) is 4.45. The summed E-state index contributed by atoms with van der Waals surface area (Å²) in [7, 11) is 1.37. The van der Waals surface area contributed by atoms with Gasteiger partial charge in [0.15, 0.2) is 0 Å². The minimum absolute atomic E-state index is 0.0130. The fourth-order valence-corrected chi connectivity index (χ4v) is 1.92. The predicted molar refractivity (Wildman–Crippen MR) is 75.0 cm³/mol. The lowest BCUT2D eigenvalue weighted by molar-refractivity contribution is 0.102. The van der Waals surface area contributed by atoms with Crippen LogP contribution in [-0.4, -0.2) is 13.0 Å². The Morgan fingerprint density at radius 1 is 1.00 bits per heavy atom. The van der Waals surface area contributed by atoms with Gasteiger partial charge in [0.2, 0.25) is 0 Å². The number of anilines is 2. The van der Waals surface area contributed by atoms with Crippen molar-refractivity contribution in [2.45, 2.75) is 6.92 Å². The molecule has 21 heavy (non-hydrogen) atoms. The number of para-hydroxylation sites is 1. The summed E-state index contributed by atoms with van der Waals surface area (Å²) in [6.45, 7) is 1.62. The predicted octanol–water partition coefficient (Wildman–Crippen LogP) is 3.71. The van der Waals surface area contributed by atoms with Crippen molar-refractivity contribution in [2.24, 2.45) is 0 Å². The van der Waals surface area contributed by atoms with Crippen LogP contribution in [0.1, 0.15) is 15.9 Å². The van der Waals surface area contributed by atoms with E-state index in [4.69, 9.17) is 0 Å². The minimum atomic E-state index is -0.895. The maximum absolute atomic E-state index is 13.6. The summed E-state index contributed by atoms with van der Waals surface area (Å²) in [6, 6.07) is 6.08. The van der Waals surface area contributed by atoms with Gasteiger partial charge in [-0.15, -0.1) is 0 Å². The summed E-state index contributed by atoms with van der Waals surface area (Å²) in [6.07, 6.45) is 0. The van der Waals surface area contributed by atoms with E-state index in [1.165, 1.54) is 19.2 Å². The number of benzene rings is 2. The first-order valence-corrected chi connectivity index (χ1v) is 6.17. The van der Waals surface area contributed by atoms with Gasteiger partial charge in [-0.3, -0.25) is 4.79 Å². The van der Waals surface area contributed by atoms with Crippen molar-refractivity contribution in [2.75, 3.05) is 17.7 Å². The van der Waals surface area contributed by atoms with Crippen LogP contribution >= 0.6 is 0 Å². The number of carbonyl (C=O) groups is 1. The highest BCUT2D eigenvalue weighted by Crippen LogP contribution is 2.23. The molecule has 6 heteroatoms. The monoisotopic (exact) mass is 294 g/mol. The number of carbonyl (C=O) groups excluding carboxylic acids is 1. The second-order valence-corrected chi connectivity index (χ2v) is 4.45. The Hall–Kier alpha value is -2.50. The Morgan fingerprint density at radius 3 is 2.14 bits per heavy atom. The standard InChI is InChI=1S/C15H13F3N2O/c1-8-4-3-5-10(16)13(8)20-15(21)9-6-11(17)14(19-2)12(18)7-9/h3-7,19H,1-2H3,(H,20,21). The summed E-state index contributed by atoms with van der Waals surface area (Å²) in [5.74, 6) is -3.19. The molecule has 0 heterocycles. The van der Waals surface area contributed by atoms with Crippen molar-refractivity contribution in [3.8, 4) is 0 Å². The molecular formula is C15H13F3N2O. The molecule has 1 amide bonds. The highest BCUT2D eigenvalue weighted by Gasteiger charge is 2.16. The van der Waals surface area contributed by atoms with Crippen molar-refractivity contribution < 1.29 is 18.0 Å². The number of aryl methyl sites for hydroxylation is 1.